The van der Waals surface area contributed by atoms with E-state index in [9.17, 15) is 5.11 Å². The summed E-state index contributed by atoms with van der Waals surface area (Å²) in [4.78, 5) is 2.18. The summed E-state index contributed by atoms with van der Waals surface area (Å²) in [5.41, 5.74) is 1.14. The van der Waals surface area contributed by atoms with Crippen molar-refractivity contribution in [1.29, 1.82) is 0 Å². The molecule has 0 aliphatic carbocycles. The fourth-order valence-electron chi connectivity index (χ4n) is 2.84. The lowest BCUT2D eigenvalue weighted by molar-refractivity contribution is 0.111. The predicted molar refractivity (Wildman–Crippen MR) is 70.0 cm³/mol. The van der Waals surface area contributed by atoms with Crippen molar-refractivity contribution in [2.45, 2.75) is 31.4 Å². The standard InChI is InChI=1S/C12H17ClN4O/c13-11-6-8-2-1-5-17(12(8)16-15-11)9-7-14-4-3-10(9)18/h6,9-10,14,18H,1-5,7H2/t9-,10+/m0/s1. The molecule has 2 atom stereocenters. The zero-order chi connectivity index (χ0) is 12.5. The van der Waals surface area contributed by atoms with Crippen LogP contribution < -0.4 is 10.2 Å². The Bertz CT molecular complexity index is 442. The summed E-state index contributed by atoms with van der Waals surface area (Å²) < 4.78 is 0. The number of anilines is 1. The second-order valence-corrected chi connectivity index (χ2v) is 5.33. The van der Waals surface area contributed by atoms with Crippen molar-refractivity contribution in [3.8, 4) is 0 Å². The second kappa shape index (κ2) is 4.99. The summed E-state index contributed by atoms with van der Waals surface area (Å²) >= 11 is 5.88. The van der Waals surface area contributed by atoms with Gasteiger partial charge in [0, 0.05) is 13.1 Å². The van der Waals surface area contributed by atoms with E-state index in [0.717, 1.165) is 50.3 Å². The zero-order valence-corrected chi connectivity index (χ0v) is 10.9. The maximum atomic E-state index is 10.1. The molecule has 3 heterocycles. The van der Waals surface area contributed by atoms with Gasteiger partial charge in [-0.1, -0.05) is 11.6 Å². The molecular formula is C12H17ClN4O. The molecule has 0 saturated carbocycles. The fraction of sp³-hybridized carbons (Fsp3) is 0.667. The molecule has 0 aromatic carbocycles. The van der Waals surface area contributed by atoms with Gasteiger partial charge in [-0.15, -0.1) is 10.2 Å². The lowest BCUT2D eigenvalue weighted by Gasteiger charge is -2.41. The van der Waals surface area contributed by atoms with E-state index in [4.69, 9.17) is 11.6 Å². The lowest BCUT2D eigenvalue weighted by atomic mass is 9.98. The maximum Gasteiger partial charge on any atom is 0.154 e. The summed E-state index contributed by atoms with van der Waals surface area (Å²) in [5, 5.41) is 22.1. The molecule has 0 amide bonds. The predicted octanol–water partition coefficient (Wildman–Crippen LogP) is 0.605. The molecule has 1 fully saturated rings. The van der Waals surface area contributed by atoms with Crippen molar-refractivity contribution in [2.75, 3.05) is 24.5 Å². The molecule has 1 aromatic heterocycles. The van der Waals surface area contributed by atoms with Gasteiger partial charge in [-0.3, -0.25) is 0 Å². The smallest absolute Gasteiger partial charge is 0.154 e. The number of halogens is 1. The van der Waals surface area contributed by atoms with Gasteiger partial charge in [-0.25, -0.2) is 0 Å². The third-order valence-electron chi connectivity index (χ3n) is 3.75. The van der Waals surface area contributed by atoms with Crippen molar-refractivity contribution in [1.82, 2.24) is 15.5 Å². The van der Waals surface area contributed by atoms with E-state index in [1.54, 1.807) is 0 Å². The third-order valence-corrected chi connectivity index (χ3v) is 3.94. The quantitative estimate of drug-likeness (QED) is 0.781. The summed E-state index contributed by atoms with van der Waals surface area (Å²) in [6.07, 6.45) is 2.54. The Morgan fingerprint density at radius 3 is 3.17 bits per heavy atom. The largest absolute Gasteiger partial charge is 0.391 e. The number of aromatic nitrogens is 2. The van der Waals surface area contributed by atoms with Gasteiger partial charge in [0.15, 0.2) is 11.0 Å². The second-order valence-electron chi connectivity index (χ2n) is 4.94. The van der Waals surface area contributed by atoms with Crippen molar-refractivity contribution < 1.29 is 5.11 Å². The molecule has 0 radical (unpaired) electrons. The highest BCUT2D eigenvalue weighted by molar-refractivity contribution is 6.29. The van der Waals surface area contributed by atoms with Crippen LogP contribution >= 0.6 is 11.6 Å². The molecular weight excluding hydrogens is 252 g/mol. The van der Waals surface area contributed by atoms with Crippen molar-refractivity contribution in [2.24, 2.45) is 0 Å². The number of rotatable bonds is 1. The van der Waals surface area contributed by atoms with Crippen LogP contribution in [0.5, 0.6) is 0 Å². The van der Waals surface area contributed by atoms with Gasteiger partial charge in [0.1, 0.15) is 0 Å². The minimum atomic E-state index is -0.297. The molecule has 3 rings (SSSR count). The van der Waals surface area contributed by atoms with E-state index < -0.39 is 0 Å². The van der Waals surface area contributed by atoms with Gasteiger partial charge >= 0.3 is 0 Å². The van der Waals surface area contributed by atoms with E-state index in [1.165, 1.54) is 0 Å². The van der Waals surface area contributed by atoms with Crippen molar-refractivity contribution in [3.63, 3.8) is 0 Å². The Morgan fingerprint density at radius 2 is 2.33 bits per heavy atom. The van der Waals surface area contributed by atoms with Gasteiger partial charge in [0.05, 0.1) is 12.1 Å². The number of aliphatic hydroxyl groups is 1. The Balaban J connectivity index is 1.90. The van der Waals surface area contributed by atoms with Crippen LogP contribution in [0.4, 0.5) is 5.82 Å². The highest BCUT2D eigenvalue weighted by Crippen LogP contribution is 2.29. The molecule has 2 N–H and O–H groups in total. The van der Waals surface area contributed by atoms with E-state index in [2.05, 4.69) is 20.4 Å². The van der Waals surface area contributed by atoms with Crippen LogP contribution in [0.15, 0.2) is 6.07 Å². The van der Waals surface area contributed by atoms with E-state index in [1.807, 2.05) is 6.07 Å². The highest BCUT2D eigenvalue weighted by Gasteiger charge is 2.32. The summed E-state index contributed by atoms with van der Waals surface area (Å²) in [6, 6.07) is 1.98. The van der Waals surface area contributed by atoms with Crippen LogP contribution in [0.3, 0.4) is 0 Å². The average molecular weight is 269 g/mol. The van der Waals surface area contributed by atoms with E-state index in [-0.39, 0.29) is 12.1 Å². The van der Waals surface area contributed by atoms with Crippen molar-refractivity contribution in [3.05, 3.63) is 16.8 Å². The third kappa shape index (κ3) is 2.18. The fourth-order valence-corrected chi connectivity index (χ4v) is 3.01. The number of aryl methyl sites for hydroxylation is 1. The number of nitrogens with one attached hydrogen (secondary N) is 1. The number of nitrogens with zero attached hydrogens (tertiary/aromatic N) is 3. The first-order valence-electron chi connectivity index (χ1n) is 6.43. The minimum absolute atomic E-state index is 0.0910. The topological polar surface area (TPSA) is 61.3 Å². The Morgan fingerprint density at radius 1 is 1.44 bits per heavy atom. The molecule has 1 saturated heterocycles. The zero-order valence-electron chi connectivity index (χ0n) is 10.1. The number of piperidine rings is 1. The van der Waals surface area contributed by atoms with Crippen LogP contribution in [0.1, 0.15) is 18.4 Å². The van der Waals surface area contributed by atoms with Crippen LogP contribution in [-0.2, 0) is 6.42 Å². The van der Waals surface area contributed by atoms with Gasteiger partial charge in [-0.05, 0) is 37.4 Å². The van der Waals surface area contributed by atoms with E-state index in [0.29, 0.717) is 5.15 Å². The Kier molecular flexibility index (Phi) is 3.37. The van der Waals surface area contributed by atoms with Crippen molar-refractivity contribution >= 4 is 17.4 Å². The summed E-state index contributed by atoms with van der Waals surface area (Å²) in [5.74, 6) is 0.887. The van der Waals surface area contributed by atoms with Crippen LogP contribution in [-0.4, -0.2) is 47.1 Å². The highest BCUT2D eigenvalue weighted by atomic mass is 35.5. The first-order valence-corrected chi connectivity index (χ1v) is 6.81. The molecule has 0 unspecified atom stereocenters. The molecule has 2 aliphatic heterocycles. The average Bonchev–Trinajstić information content (AvgIpc) is 2.38. The molecule has 0 spiro atoms. The molecule has 2 aliphatic rings. The molecule has 5 nitrogen and oxygen atoms in total. The SMILES string of the molecule is O[C@@H]1CCNC[C@@H]1N1CCCc2cc(Cl)nnc21. The van der Waals surface area contributed by atoms with Crippen LogP contribution in [0, 0.1) is 0 Å². The van der Waals surface area contributed by atoms with Crippen LogP contribution in [0.25, 0.3) is 0 Å². The Hall–Kier alpha value is -0.910. The van der Waals surface area contributed by atoms with Gasteiger partial charge in [0.2, 0.25) is 0 Å². The number of hydrogen-bond donors (Lipinski definition) is 2. The number of aliphatic hydroxyl groups excluding tert-OH is 1. The van der Waals surface area contributed by atoms with Gasteiger partial charge < -0.3 is 15.3 Å². The Labute approximate surface area is 111 Å². The lowest BCUT2D eigenvalue weighted by Crippen LogP contribution is -2.55. The summed E-state index contributed by atoms with van der Waals surface area (Å²) in [7, 11) is 0. The number of hydrogen-bond acceptors (Lipinski definition) is 5. The molecule has 6 heteroatoms. The molecule has 98 valence electrons. The monoisotopic (exact) mass is 268 g/mol. The van der Waals surface area contributed by atoms with Crippen LogP contribution in [0.2, 0.25) is 5.15 Å². The normalized spacial score (nSPS) is 28.0. The first-order chi connectivity index (χ1) is 8.75. The first kappa shape index (κ1) is 12.1. The summed E-state index contributed by atoms with van der Waals surface area (Å²) in [6.45, 7) is 2.60. The molecule has 0 bridgehead atoms. The molecule has 1 aromatic rings. The minimum Gasteiger partial charge on any atom is -0.391 e. The van der Waals surface area contributed by atoms with Gasteiger partial charge in [0.25, 0.3) is 0 Å². The van der Waals surface area contributed by atoms with Gasteiger partial charge in [-0.2, -0.15) is 0 Å². The molecule has 18 heavy (non-hydrogen) atoms. The number of fused-ring (bicyclic) bond motifs is 1. The maximum absolute atomic E-state index is 10.1. The van der Waals surface area contributed by atoms with E-state index >= 15 is 0 Å².